The minimum absolute atomic E-state index is 0.0976. The van der Waals surface area contributed by atoms with Crippen molar-refractivity contribution in [2.24, 2.45) is 0 Å². The zero-order valence-corrected chi connectivity index (χ0v) is 19.5. The number of carbonyl (C=O) groups excluding carboxylic acids is 4. The van der Waals surface area contributed by atoms with Crippen molar-refractivity contribution in [3.8, 4) is 0 Å². The Bertz CT molecular complexity index is 1090. The molecule has 8 heteroatoms. The van der Waals surface area contributed by atoms with E-state index in [-0.39, 0.29) is 36.3 Å². The van der Waals surface area contributed by atoms with Gasteiger partial charge in [-0.05, 0) is 44.9 Å². The van der Waals surface area contributed by atoms with Gasteiger partial charge in [-0.3, -0.25) is 24.2 Å². The summed E-state index contributed by atoms with van der Waals surface area (Å²) < 4.78 is 0. The van der Waals surface area contributed by atoms with Crippen molar-refractivity contribution in [1.29, 1.82) is 0 Å². The highest BCUT2D eigenvalue weighted by Gasteiger charge is 2.42. The summed E-state index contributed by atoms with van der Waals surface area (Å²) in [5.74, 6) is -0.815. The maximum absolute atomic E-state index is 13.6. The number of hydrazine groups is 1. The first-order chi connectivity index (χ1) is 16.4. The number of nitrogens with one attached hydrogen (secondary N) is 2. The Morgan fingerprint density at radius 3 is 2.47 bits per heavy atom. The first-order valence-corrected chi connectivity index (χ1v) is 11.7. The van der Waals surface area contributed by atoms with Crippen LogP contribution in [0, 0.1) is 0 Å². The number of ketones is 1. The molecule has 3 atom stereocenters. The van der Waals surface area contributed by atoms with Crippen LogP contribution < -0.4 is 10.6 Å². The second-order valence-electron chi connectivity index (χ2n) is 8.79. The van der Waals surface area contributed by atoms with Gasteiger partial charge in [-0.15, -0.1) is 0 Å². The molecule has 2 aromatic rings. The summed E-state index contributed by atoms with van der Waals surface area (Å²) in [6.07, 6.45) is 1.84. The lowest BCUT2D eigenvalue weighted by Crippen LogP contribution is -2.58. The Hall–Kier alpha value is -3.52. The van der Waals surface area contributed by atoms with Crippen LogP contribution in [0.15, 0.2) is 54.6 Å². The SMILES string of the molecule is CNC(C)C(=O)N[C@H]1CCC(=O)N2CCC[C@@H](c3cccc(C(=O)c4ccccc4)c3)N2C1=O. The van der Waals surface area contributed by atoms with E-state index in [1.54, 1.807) is 32.2 Å². The monoisotopic (exact) mass is 462 g/mol. The topological polar surface area (TPSA) is 98.8 Å². The first-order valence-electron chi connectivity index (χ1n) is 11.7. The zero-order valence-electron chi connectivity index (χ0n) is 19.5. The molecule has 34 heavy (non-hydrogen) atoms. The molecule has 2 saturated heterocycles. The van der Waals surface area contributed by atoms with Gasteiger partial charge in [-0.25, -0.2) is 5.01 Å². The summed E-state index contributed by atoms with van der Waals surface area (Å²) >= 11 is 0. The standard InChI is InChI=1S/C26H30N4O4/c1-17(27-2)25(33)28-21-13-14-23(31)29-15-7-12-22(30(29)26(21)34)19-10-6-11-20(16-19)24(32)18-8-4-3-5-9-18/h3-6,8-11,16-17,21-22,27H,7,12-15H2,1-2H3,(H,28,33)/t17?,21-,22-/m0/s1. The van der Waals surface area contributed by atoms with Gasteiger partial charge < -0.3 is 10.6 Å². The van der Waals surface area contributed by atoms with Crippen LogP contribution in [-0.2, 0) is 14.4 Å². The third-order valence-electron chi connectivity index (χ3n) is 6.57. The molecule has 0 aromatic heterocycles. The van der Waals surface area contributed by atoms with Crippen LogP contribution in [0.4, 0.5) is 0 Å². The van der Waals surface area contributed by atoms with Crippen LogP contribution >= 0.6 is 0 Å². The second-order valence-corrected chi connectivity index (χ2v) is 8.79. The van der Waals surface area contributed by atoms with E-state index < -0.39 is 18.1 Å². The van der Waals surface area contributed by atoms with Crippen LogP contribution in [0.3, 0.4) is 0 Å². The molecule has 0 radical (unpaired) electrons. The Morgan fingerprint density at radius 1 is 1.00 bits per heavy atom. The Morgan fingerprint density at radius 2 is 1.74 bits per heavy atom. The quantitative estimate of drug-likeness (QED) is 0.642. The van der Waals surface area contributed by atoms with E-state index >= 15 is 0 Å². The number of amides is 3. The van der Waals surface area contributed by atoms with E-state index in [1.165, 1.54) is 10.0 Å². The molecule has 0 aliphatic carbocycles. The zero-order chi connectivity index (χ0) is 24.2. The molecule has 4 rings (SSSR count). The van der Waals surface area contributed by atoms with E-state index in [0.29, 0.717) is 24.1 Å². The Labute approximate surface area is 199 Å². The van der Waals surface area contributed by atoms with Gasteiger partial charge in [-0.2, -0.15) is 0 Å². The molecule has 2 aromatic carbocycles. The van der Waals surface area contributed by atoms with Crippen molar-refractivity contribution in [3.63, 3.8) is 0 Å². The lowest BCUT2D eigenvalue weighted by atomic mass is 9.94. The maximum atomic E-state index is 13.6. The van der Waals surface area contributed by atoms with Gasteiger partial charge in [0.1, 0.15) is 6.04 Å². The van der Waals surface area contributed by atoms with Crippen molar-refractivity contribution >= 4 is 23.5 Å². The molecule has 0 saturated carbocycles. The lowest BCUT2D eigenvalue weighted by molar-refractivity contribution is -0.174. The summed E-state index contributed by atoms with van der Waals surface area (Å²) in [4.78, 5) is 52.0. The van der Waals surface area contributed by atoms with Crippen LogP contribution in [0.5, 0.6) is 0 Å². The van der Waals surface area contributed by atoms with E-state index in [0.717, 1.165) is 12.0 Å². The van der Waals surface area contributed by atoms with Gasteiger partial charge in [0, 0.05) is 24.1 Å². The van der Waals surface area contributed by atoms with Crippen LogP contribution in [0.1, 0.15) is 60.1 Å². The van der Waals surface area contributed by atoms with Gasteiger partial charge in [0.2, 0.25) is 11.8 Å². The highest BCUT2D eigenvalue weighted by molar-refractivity contribution is 6.09. The number of fused-ring (bicyclic) bond motifs is 1. The van der Waals surface area contributed by atoms with Crippen molar-refractivity contribution in [3.05, 3.63) is 71.3 Å². The summed E-state index contributed by atoms with van der Waals surface area (Å²) in [6.45, 7) is 2.17. The molecule has 2 aliphatic rings. The highest BCUT2D eigenvalue weighted by Crippen LogP contribution is 2.35. The number of rotatable bonds is 6. The number of nitrogens with zero attached hydrogens (tertiary/aromatic N) is 2. The van der Waals surface area contributed by atoms with E-state index in [2.05, 4.69) is 10.6 Å². The molecular weight excluding hydrogens is 432 g/mol. The number of benzene rings is 2. The summed E-state index contributed by atoms with van der Waals surface area (Å²) in [5, 5.41) is 8.72. The lowest BCUT2D eigenvalue weighted by Gasteiger charge is -2.44. The fourth-order valence-electron chi connectivity index (χ4n) is 4.54. The van der Waals surface area contributed by atoms with Crippen LogP contribution in [0.25, 0.3) is 0 Å². The van der Waals surface area contributed by atoms with Gasteiger partial charge in [0.05, 0.1) is 12.1 Å². The normalized spacial score (nSPS) is 21.5. The van der Waals surface area contributed by atoms with Crippen molar-refractivity contribution in [1.82, 2.24) is 20.7 Å². The Balaban J connectivity index is 1.64. The molecule has 2 fully saturated rings. The molecule has 2 heterocycles. The Kier molecular flexibility index (Phi) is 7.07. The molecule has 0 spiro atoms. The number of likely N-dealkylation sites (N-methyl/N-ethyl adjacent to an activating group) is 1. The van der Waals surface area contributed by atoms with Crippen molar-refractivity contribution < 1.29 is 19.2 Å². The molecule has 8 nitrogen and oxygen atoms in total. The fourth-order valence-corrected chi connectivity index (χ4v) is 4.54. The smallest absolute Gasteiger partial charge is 0.264 e. The maximum Gasteiger partial charge on any atom is 0.264 e. The van der Waals surface area contributed by atoms with Gasteiger partial charge in [-0.1, -0.05) is 48.5 Å². The predicted octanol–water partition coefficient (Wildman–Crippen LogP) is 2.21. The van der Waals surface area contributed by atoms with Gasteiger partial charge >= 0.3 is 0 Å². The average molecular weight is 463 g/mol. The van der Waals surface area contributed by atoms with E-state index in [9.17, 15) is 19.2 Å². The molecule has 1 unspecified atom stereocenters. The molecular formula is C26H30N4O4. The summed E-state index contributed by atoms with van der Waals surface area (Å²) in [7, 11) is 1.68. The molecule has 2 N–H and O–H groups in total. The molecule has 0 bridgehead atoms. The van der Waals surface area contributed by atoms with E-state index in [1.807, 2.05) is 36.4 Å². The van der Waals surface area contributed by atoms with Crippen molar-refractivity contribution in [2.75, 3.05) is 13.6 Å². The molecule has 178 valence electrons. The largest absolute Gasteiger partial charge is 0.343 e. The second kappa shape index (κ2) is 10.2. The summed E-state index contributed by atoms with van der Waals surface area (Å²) in [5.41, 5.74) is 1.91. The minimum Gasteiger partial charge on any atom is -0.343 e. The predicted molar refractivity (Wildman–Crippen MR) is 127 cm³/mol. The highest BCUT2D eigenvalue weighted by atomic mass is 16.2. The molecule has 2 aliphatic heterocycles. The average Bonchev–Trinajstić information content (AvgIpc) is 3.00. The van der Waals surface area contributed by atoms with Crippen molar-refractivity contribution in [2.45, 2.75) is 50.7 Å². The minimum atomic E-state index is -0.785. The van der Waals surface area contributed by atoms with E-state index in [4.69, 9.17) is 0 Å². The third-order valence-corrected chi connectivity index (χ3v) is 6.57. The fraction of sp³-hybridized carbons (Fsp3) is 0.385. The number of hydrogen-bond donors (Lipinski definition) is 2. The number of hydrogen-bond acceptors (Lipinski definition) is 5. The van der Waals surface area contributed by atoms with Gasteiger partial charge in [0.25, 0.3) is 5.91 Å². The summed E-state index contributed by atoms with van der Waals surface area (Å²) in [6, 6.07) is 14.7. The van der Waals surface area contributed by atoms with Gasteiger partial charge in [0.15, 0.2) is 5.78 Å². The number of carbonyl (C=O) groups is 4. The molecule has 3 amide bonds. The first kappa shape index (κ1) is 23.6. The van der Waals surface area contributed by atoms with Crippen LogP contribution in [-0.4, -0.2) is 59.2 Å². The van der Waals surface area contributed by atoms with Crippen LogP contribution in [0.2, 0.25) is 0 Å². The third kappa shape index (κ3) is 4.72.